The van der Waals surface area contributed by atoms with Gasteiger partial charge in [-0.1, -0.05) is 6.07 Å². The van der Waals surface area contributed by atoms with Crippen LogP contribution in [-0.2, 0) is 17.9 Å². The van der Waals surface area contributed by atoms with Gasteiger partial charge in [-0.2, -0.15) is 5.10 Å². The third kappa shape index (κ3) is 3.38. The molecular formula is C12H14N4O3. The molecule has 0 fully saturated rings. The Bertz CT molecular complexity index is 594. The van der Waals surface area contributed by atoms with Crippen molar-refractivity contribution < 1.29 is 15.0 Å². The Morgan fingerprint density at radius 3 is 2.84 bits per heavy atom. The van der Waals surface area contributed by atoms with Crippen LogP contribution < -0.4 is 11.1 Å². The smallest absolute Gasteiger partial charge is 0.239 e. The topological polar surface area (TPSA) is 113 Å². The van der Waals surface area contributed by atoms with Gasteiger partial charge in [-0.05, 0) is 17.7 Å². The summed E-state index contributed by atoms with van der Waals surface area (Å²) in [5, 5.41) is 25.6. The lowest BCUT2D eigenvalue weighted by atomic mass is 10.2. The van der Waals surface area contributed by atoms with Gasteiger partial charge in [0.1, 0.15) is 6.54 Å². The maximum atomic E-state index is 10.7. The minimum Gasteiger partial charge on any atom is -0.504 e. The first kappa shape index (κ1) is 12.7. The Morgan fingerprint density at radius 1 is 1.37 bits per heavy atom. The van der Waals surface area contributed by atoms with E-state index in [0.717, 1.165) is 11.3 Å². The molecule has 2 rings (SSSR count). The third-order valence-electron chi connectivity index (χ3n) is 2.49. The number of benzene rings is 1. The molecule has 0 spiro atoms. The minimum atomic E-state index is -0.460. The second-order valence-corrected chi connectivity index (χ2v) is 4.07. The number of carbonyl (C=O) groups is 1. The highest BCUT2D eigenvalue weighted by molar-refractivity contribution is 5.73. The van der Waals surface area contributed by atoms with Gasteiger partial charge in [0.2, 0.25) is 5.91 Å². The number of anilines is 1. The number of primary amides is 1. The van der Waals surface area contributed by atoms with E-state index in [1.807, 2.05) is 0 Å². The summed E-state index contributed by atoms with van der Waals surface area (Å²) in [6, 6.07) is 4.58. The molecule has 0 radical (unpaired) electrons. The van der Waals surface area contributed by atoms with Crippen LogP contribution in [0.15, 0.2) is 30.6 Å². The number of carbonyl (C=O) groups excluding carboxylic acids is 1. The van der Waals surface area contributed by atoms with Gasteiger partial charge in [0.25, 0.3) is 0 Å². The first-order valence-corrected chi connectivity index (χ1v) is 5.60. The lowest BCUT2D eigenvalue weighted by Crippen LogP contribution is -2.18. The van der Waals surface area contributed by atoms with Crippen molar-refractivity contribution in [3.05, 3.63) is 36.2 Å². The van der Waals surface area contributed by atoms with E-state index in [-0.39, 0.29) is 18.0 Å². The fraction of sp³-hybridized carbons (Fsp3) is 0.167. The second kappa shape index (κ2) is 5.30. The fourth-order valence-electron chi connectivity index (χ4n) is 1.58. The standard InChI is InChI=1S/C12H14N4O3/c13-12(19)7-16-6-9(5-15-16)14-4-8-1-2-10(17)11(18)3-8/h1-3,5-6,14,17-18H,4,7H2,(H2,13,19). The number of phenols is 2. The van der Waals surface area contributed by atoms with Crippen molar-refractivity contribution >= 4 is 11.6 Å². The average Bonchev–Trinajstić information content (AvgIpc) is 2.77. The van der Waals surface area contributed by atoms with Gasteiger partial charge >= 0.3 is 0 Å². The third-order valence-corrected chi connectivity index (χ3v) is 2.49. The fourth-order valence-corrected chi connectivity index (χ4v) is 1.58. The quantitative estimate of drug-likeness (QED) is 0.582. The summed E-state index contributed by atoms with van der Waals surface area (Å²) in [4.78, 5) is 10.7. The summed E-state index contributed by atoms with van der Waals surface area (Å²) in [5.41, 5.74) is 6.59. The second-order valence-electron chi connectivity index (χ2n) is 4.07. The molecule has 0 unspecified atom stereocenters. The summed E-state index contributed by atoms with van der Waals surface area (Å²) in [6.07, 6.45) is 3.23. The number of hydrogen-bond acceptors (Lipinski definition) is 5. The molecule has 0 saturated heterocycles. The molecule has 100 valence electrons. The molecule has 1 amide bonds. The Kier molecular flexibility index (Phi) is 3.56. The Morgan fingerprint density at radius 2 is 2.16 bits per heavy atom. The van der Waals surface area contributed by atoms with E-state index >= 15 is 0 Å². The van der Waals surface area contributed by atoms with Gasteiger partial charge in [0.15, 0.2) is 11.5 Å². The van der Waals surface area contributed by atoms with Crippen LogP contribution in [0.3, 0.4) is 0 Å². The van der Waals surface area contributed by atoms with E-state index in [1.165, 1.54) is 16.8 Å². The number of aromatic nitrogens is 2. The highest BCUT2D eigenvalue weighted by atomic mass is 16.3. The number of nitrogens with one attached hydrogen (secondary N) is 1. The van der Waals surface area contributed by atoms with Gasteiger partial charge in [-0.3, -0.25) is 9.48 Å². The molecule has 0 aliphatic carbocycles. The summed E-state index contributed by atoms with van der Waals surface area (Å²) in [7, 11) is 0. The van der Waals surface area contributed by atoms with Crippen molar-refractivity contribution in [2.24, 2.45) is 5.73 Å². The molecule has 1 aromatic carbocycles. The van der Waals surface area contributed by atoms with Gasteiger partial charge in [0, 0.05) is 12.7 Å². The van der Waals surface area contributed by atoms with Gasteiger partial charge in [0.05, 0.1) is 11.9 Å². The van der Waals surface area contributed by atoms with Crippen LogP contribution in [0.4, 0.5) is 5.69 Å². The van der Waals surface area contributed by atoms with Gasteiger partial charge in [-0.25, -0.2) is 0 Å². The molecule has 0 aliphatic heterocycles. The largest absolute Gasteiger partial charge is 0.504 e. The SMILES string of the molecule is NC(=O)Cn1cc(NCc2ccc(O)c(O)c2)cn1. The van der Waals surface area contributed by atoms with Crippen molar-refractivity contribution in [3.8, 4) is 11.5 Å². The maximum Gasteiger partial charge on any atom is 0.239 e. The minimum absolute atomic E-state index is 0.0294. The molecule has 2 aromatic rings. The molecule has 0 bridgehead atoms. The zero-order chi connectivity index (χ0) is 13.8. The summed E-state index contributed by atoms with van der Waals surface area (Å²) in [6.45, 7) is 0.484. The predicted octanol–water partition coefficient (Wildman–Crippen LogP) is 0.392. The molecule has 5 N–H and O–H groups in total. The molecule has 0 saturated carbocycles. The molecule has 0 atom stereocenters. The van der Waals surface area contributed by atoms with Gasteiger partial charge < -0.3 is 21.3 Å². The molecule has 1 aromatic heterocycles. The predicted molar refractivity (Wildman–Crippen MR) is 68.5 cm³/mol. The van der Waals surface area contributed by atoms with Crippen LogP contribution in [0, 0.1) is 0 Å². The molecule has 19 heavy (non-hydrogen) atoms. The molecule has 1 heterocycles. The van der Waals surface area contributed by atoms with Crippen LogP contribution in [-0.4, -0.2) is 25.9 Å². The number of amides is 1. The van der Waals surface area contributed by atoms with E-state index < -0.39 is 5.91 Å². The van der Waals surface area contributed by atoms with Gasteiger partial charge in [-0.15, -0.1) is 0 Å². The Labute approximate surface area is 109 Å². The van der Waals surface area contributed by atoms with E-state index in [4.69, 9.17) is 5.73 Å². The summed E-state index contributed by atoms with van der Waals surface area (Å²) < 4.78 is 1.43. The van der Waals surface area contributed by atoms with Crippen molar-refractivity contribution in [1.29, 1.82) is 0 Å². The van der Waals surface area contributed by atoms with Crippen LogP contribution in [0.5, 0.6) is 11.5 Å². The lowest BCUT2D eigenvalue weighted by molar-refractivity contribution is -0.118. The number of hydrogen-bond donors (Lipinski definition) is 4. The number of nitrogens with two attached hydrogens (primary N) is 1. The molecule has 7 nitrogen and oxygen atoms in total. The lowest BCUT2D eigenvalue weighted by Gasteiger charge is -2.05. The molecule has 0 aliphatic rings. The molecule has 7 heteroatoms. The van der Waals surface area contributed by atoms with Crippen LogP contribution in [0.25, 0.3) is 0 Å². The molecular weight excluding hydrogens is 248 g/mol. The zero-order valence-electron chi connectivity index (χ0n) is 10.1. The summed E-state index contributed by atoms with van der Waals surface area (Å²) >= 11 is 0. The average molecular weight is 262 g/mol. The van der Waals surface area contributed by atoms with Crippen LogP contribution in [0.2, 0.25) is 0 Å². The van der Waals surface area contributed by atoms with Crippen molar-refractivity contribution in [3.63, 3.8) is 0 Å². The van der Waals surface area contributed by atoms with Crippen molar-refractivity contribution in [2.45, 2.75) is 13.1 Å². The first-order chi connectivity index (χ1) is 9.04. The highest BCUT2D eigenvalue weighted by Crippen LogP contribution is 2.25. The van der Waals surface area contributed by atoms with E-state index in [1.54, 1.807) is 18.5 Å². The van der Waals surface area contributed by atoms with E-state index in [9.17, 15) is 15.0 Å². The normalized spacial score (nSPS) is 10.3. The Hall–Kier alpha value is -2.70. The summed E-state index contributed by atoms with van der Waals surface area (Å²) in [5.74, 6) is -0.778. The monoisotopic (exact) mass is 262 g/mol. The van der Waals surface area contributed by atoms with Crippen LogP contribution >= 0.6 is 0 Å². The number of aromatic hydroxyl groups is 2. The van der Waals surface area contributed by atoms with Crippen molar-refractivity contribution in [2.75, 3.05) is 5.32 Å². The number of rotatable bonds is 5. The van der Waals surface area contributed by atoms with E-state index in [2.05, 4.69) is 10.4 Å². The first-order valence-electron chi connectivity index (χ1n) is 5.60. The number of nitrogens with zero attached hydrogens (tertiary/aromatic N) is 2. The van der Waals surface area contributed by atoms with Crippen LogP contribution in [0.1, 0.15) is 5.56 Å². The highest BCUT2D eigenvalue weighted by Gasteiger charge is 2.03. The maximum absolute atomic E-state index is 10.7. The van der Waals surface area contributed by atoms with E-state index in [0.29, 0.717) is 6.54 Å². The number of phenolic OH excluding ortho intramolecular Hbond substituents is 2. The Balaban J connectivity index is 1.96. The zero-order valence-corrected chi connectivity index (χ0v) is 10.1. The van der Waals surface area contributed by atoms with Crippen molar-refractivity contribution in [1.82, 2.24) is 9.78 Å².